The van der Waals surface area contributed by atoms with Gasteiger partial charge in [-0.1, -0.05) is 35.3 Å². The van der Waals surface area contributed by atoms with Crippen LogP contribution in [0, 0.1) is 0 Å². The van der Waals surface area contributed by atoms with Gasteiger partial charge < -0.3 is 14.4 Å². The van der Waals surface area contributed by atoms with Gasteiger partial charge in [0.15, 0.2) is 0 Å². The summed E-state index contributed by atoms with van der Waals surface area (Å²) in [6.45, 7) is 3.74. The van der Waals surface area contributed by atoms with Crippen LogP contribution in [-0.4, -0.2) is 37.2 Å². The minimum absolute atomic E-state index is 0.135. The molecule has 0 unspecified atom stereocenters. The molecule has 3 rings (SSSR count). The molecule has 0 aromatic heterocycles. The van der Waals surface area contributed by atoms with Crippen molar-refractivity contribution in [1.82, 2.24) is 4.90 Å². The quantitative estimate of drug-likeness (QED) is 0.420. The third kappa shape index (κ3) is 7.05. The maximum atomic E-state index is 12.6. The average Bonchev–Trinajstić information content (AvgIpc) is 2.73. The first kappa shape index (κ1) is 23.2. The van der Waals surface area contributed by atoms with Crippen molar-refractivity contribution in [3.05, 3.63) is 63.6 Å². The summed E-state index contributed by atoms with van der Waals surface area (Å²) < 4.78 is 49.4. The molecule has 0 amide bonds. The number of piperidine rings is 1. The van der Waals surface area contributed by atoms with Crippen molar-refractivity contribution in [3.8, 4) is 5.75 Å². The lowest BCUT2D eigenvalue weighted by Crippen LogP contribution is -2.37. The Morgan fingerprint density at radius 1 is 0.967 bits per heavy atom. The number of likely N-dealkylation sites (tertiary alicyclic amines) is 1. The molecule has 0 radical (unpaired) electrons. The van der Waals surface area contributed by atoms with Gasteiger partial charge in [0, 0.05) is 25.7 Å². The van der Waals surface area contributed by atoms with Crippen LogP contribution in [0.4, 0.5) is 13.2 Å². The first-order chi connectivity index (χ1) is 14.3. The zero-order valence-corrected chi connectivity index (χ0v) is 17.9. The second-order valence-corrected chi connectivity index (χ2v) is 8.14. The molecule has 164 valence electrons. The van der Waals surface area contributed by atoms with Gasteiger partial charge in [-0.2, -0.15) is 13.2 Å². The van der Waals surface area contributed by atoms with Crippen molar-refractivity contribution < 1.29 is 22.6 Å². The zero-order valence-electron chi connectivity index (χ0n) is 16.4. The molecule has 0 saturated carbocycles. The van der Waals surface area contributed by atoms with E-state index in [-0.39, 0.29) is 6.10 Å². The highest BCUT2D eigenvalue weighted by atomic mass is 35.5. The molecule has 0 atom stereocenters. The zero-order chi connectivity index (χ0) is 21.6. The van der Waals surface area contributed by atoms with Crippen LogP contribution in [0.2, 0.25) is 10.0 Å². The van der Waals surface area contributed by atoms with Crippen molar-refractivity contribution in [3.63, 3.8) is 0 Å². The largest absolute Gasteiger partial charge is 0.493 e. The van der Waals surface area contributed by atoms with E-state index in [0.717, 1.165) is 56.6 Å². The van der Waals surface area contributed by atoms with Crippen LogP contribution in [-0.2, 0) is 17.5 Å². The van der Waals surface area contributed by atoms with E-state index in [1.807, 2.05) is 0 Å². The third-order valence-electron chi connectivity index (χ3n) is 5.08. The van der Waals surface area contributed by atoms with Gasteiger partial charge in [0.2, 0.25) is 0 Å². The number of rotatable bonds is 8. The Morgan fingerprint density at radius 3 is 2.30 bits per heavy atom. The standard InChI is InChI=1S/C22H24Cl2F3NO2/c23-20-7-6-19(14-21(20)24)29-13-1-10-28-11-8-18(9-12-28)30-15-16-2-4-17(5-3-16)22(25,26)27/h2-7,14,18H,1,8-13,15H2. The van der Waals surface area contributed by atoms with Gasteiger partial charge in [-0.15, -0.1) is 0 Å². The number of alkyl halides is 3. The number of hydrogen-bond acceptors (Lipinski definition) is 3. The van der Waals surface area contributed by atoms with Crippen LogP contribution in [0.25, 0.3) is 0 Å². The predicted octanol–water partition coefficient (Wildman–Crippen LogP) is 6.46. The lowest BCUT2D eigenvalue weighted by molar-refractivity contribution is -0.137. The number of benzene rings is 2. The van der Waals surface area contributed by atoms with Crippen molar-refractivity contribution in [2.24, 2.45) is 0 Å². The minimum atomic E-state index is -4.31. The lowest BCUT2D eigenvalue weighted by atomic mass is 10.1. The number of halogens is 5. The molecule has 2 aromatic carbocycles. The van der Waals surface area contributed by atoms with E-state index in [1.54, 1.807) is 18.2 Å². The number of hydrogen-bond donors (Lipinski definition) is 0. The van der Waals surface area contributed by atoms with Crippen molar-refractivity contribution in [2.45, 2.75) is 38.1 Å². The topological polar surface area (TPSA) is 21.7 Å². The van der Waals surface area contributed by atoms with Gasteiger partial charge in [-0.3, -0.25) is 0 Å². The fourth-order valence-corrected chi connectivity index (χ4v) is 3.64. The summed E-state index contributed by atoms with van der Waals surface area (Å²) in [5.41, 5.74) is 0.118. The Balaban J connectivity index is 1.30. The van der Waals surface area contributed by atoms with Crippen LogP contribution >= 0.6 is 23.2 Å². The molecule has 1 aliphatic rings. The second kappa shape index (κ2) is 10.7. The van der Waals surface area contributed by atoms with Gasteiger partial charge >= 0.3 is 6.18 Å². The SMILES string of the molecule is FC(F)(F)c1ccc(COC2CCN(CCCOc3ccc(Cl)c(Cl)c3)CC2)cc1. The van der Waals surface area contributed by atoms with E-state index in [2.05, 4.69) is 4.90 Å². The molecule has 0 spiro atoms. The smallest absolute Gasteiger partial charge is 0.416 e. The van der Waals surface area contributed by atoms with Gasteiger partial charge in [0.05, 0.1) is 34.9 Å². The monoisotopic (exact) mass is 461 g/mol. The van der Waals surface area contributed by atoms with E-state index in [4.69, 9.17) is 32.7 Å². The average molecular weight is 462 g/mol. The molecule has 8 heteroatoms. The summed E-state index contributed by atoms with van der Waals surface area (Å²) in [6, 6.07) is 10.4. The summed E-state index contributed by atoms with van der Waals surface area (Å²) in [5.74, 6) is 0.708. The van der Waals surface area contributed by atoms with Gasteiger partial charge in [-0.05, 0) is 49.1 Å². The highest BCUT2D eigenvalue weighted by Crippen LogP contribution is 2.29. The Labute approximate surface area is 184 Å². The molecule has 1 saturated heterocycles. The number of nitrogens with zero attached hydrogens (tertiary/aromatic N) is 1. The molecule has 30 heavy (non-hydrogen) atoms. The highest BCUT2D eigenvalue weighted by molar-refractivity contribution is 6.42. The maximum absolute atomic E-state index is 12.6. The molecule has 0 N–H and O–H groups in total. The summed E-state index contributed by atoms with van der Waals surface area (Å²) in [5, 5.41) is 0.986. The van der Waals surface area contributed by atoms with Crippen LogP contribution < -0.4 is 4.74 Å². The molecule has 0 aliphatic carbocycles. The van der Waals surface area contributed by atoms with E-state index < -0.39 is 11.7 Å². The molecular weight excluding hydrogens is 438 g/mol. The van der Waals surface area contributed by atoms with E-state index in [9.17, 15) is 13.2 Å². The van der Waals surface area contributed by atoms with Gasteiger partial charge in [0.1, 0.15) is 5.75 Å². The van der Waals surface area contributed by atoms with Gasteiger partial charge in [-0.25, -0.2) is 0 Å². The lowest BCUT2D eigenvalue weighted by Gasteiger charge is -2.31. The molecule has 1 fully saturated rings. The van der Waals surface area contributed by atoms with E-state index >= 15 is 0 Å². The summed E-state index contributed by atoms with van der Waals surface area (Å²) in [7, 11) is 0. The van der Waals surface area contributed by atoms with Crippen LogP contribution in [0.3, 0.4) is 0 Å². The molecule has 1 heterocycles. The Kier molecular flexibility index (Phi) is 8.28. The normalized spacial score (nSPS) is 16.0. The first-order valence-electron chi connectivity index (χ1n) is 9.89. The summed E-state index contributed by atoms with van der Waals surface area (Å²) >= 11 is 11.9. The summed E-state index contributed by atoms with van der Waals surface area (Å²) in [6.07, 6.45) is -1.45. The van der Waals surface area contributed by atoms with Crippen LogP contribution in [0.1, 0.15) is 30.4 Å². The molecular formula is C22H24Cl2F3NO2. The second-order valence-electron chi connectivity index (χ2n) is 7.32. The molecule has 0 bridgehead atoms. The van der Waals surface area contributed by atoms with Crippen LogP contribution in [0.15, 0.2) is 42.5 Å². The molecule has 2 aromatic rings. The molecule has 1 aliphatic heterocycles. The minimum Gasteiger partial charge on any atom is -0.493 e. The summed E-state index contributed by atoms with van der Waals surface area (Å²) in [4.78, 5) is 2.37. The highest BCUT2D eigenvalue weighted by Gasteiger charge is 2.30. The van der Waals surface area contributed by atoms with Crippen molar-refractivity contribution in [2.75, 3.05) is 26.2 Å². The van der Waals surface area contributed by atoms with E-state index in [0.29, 0.717) is 29.0 Å². The predicted molar refractivity (Wildman–Crippen MR) is 112 cm³/mol. The van der Waals surface area contributed by atoms with E-state index in [1.165, 1.54) is 12.1 Å². The Hall–Kier alpha value is -1.47. The van der Waals surface area contributed by atoms with Crippen LogP contribution in [0.5, 0.6) is 5.75 Å². The number of ether oxygens (including phenoxy) is 2. The fourth-order valence-electron chi connectivity index (χ4n) is 3.35. The Morgan fingerprint density at radius 2 is 1.67 bits per heavy atom. The Bertz CT molecular complexity index is 807. The fraction of sp³-hybridized carbons (Fsp3) is 0.455. The molecule has 3 nitrogen and oxygen atoms in total. The van der Waals surface area contributed by atoms with Crippen molar-refractivity contribution >= 4 is 23.2 Å². The van der Waals surface area contributed by atoms with Gasteiger partial charge in [0.25, 0.3) is 0 Å². The first-order valence-corrected chi connectivity index (χ1v) is 10.6. The maximum Gasteiger partial charge on any atom is 0.416 e. The third-order valence-corrected chi connectivity index (χ3v) is 5.82. The van der Waals surface area contributed by atoms with Crippen molar-refractivity contribution in [1.29, 1.82) is 0 Å².